The summed E-state index contributed by atoms with van der Waals surface area (Å²) in [5.74, 6) is 0. The Bertz CT molecular complexity index is 582. The second-order valence-electron chi connectivity index (χ2n) is 5.31. The van der Waals surface area contributed by atoms with Gasteiger partial charge in [0.2, 0.25) is 0 Å². The predicted octanol–water partition coefficient (Wildman–Crippen LogP) is 3.81. The van der Waals surface area contributed by atoms with Gasteiger partial charge in [0.05, 0.1) is 12.2 Å². The van der Waals surface area contributed by atoms with E-state index < -0.39 is 0 Å². The summed E-state index contributed by atoms with van der Waals surface area (Å²) in [6.07, 6.45) is 1.50. The van der Waals surface area contributed by atoms with Gasteiger partial charge in [-0.15, -0.1) is 0 Å². The van der Waals surface area contributed by atoms with E-state index >= 15 is 0 Å². The van der Waals surface area contributed by atoms with Crippen molar-refractivity contribution in [1.82, 2.24) is 4.98 Å². The number of aromatic nitrogens is 1. The van der Waals surface area contributed by atoms with Gasteiger partial charge in [0.15, 0.2) is 0 Å². The molecule has 0 saturated carbocycles. The zero-order valence-corrected chi connectivity index (χ0v) is 10.9. The van der Waals surface area contributed by atoms with Crippen LogP contribution in [0.25, 0.3) is 10.9 Å². The molecule has 2 aromatic rings. The van der Waals surface area contributed by atoms with Crippen molar-refractivity contribution in [3.05, 3.63) is 34.5 Å². The van der Waals surface area contributed by atoms with Gasteiger partial charge in [-0.05, 0) is 39.3 Å². The molecule has 2 heterocycles. The van der Waals surface area contributed by atoms with Crippen LogP contribution >= 0.6 is 0 Å². The lowest BCUT2D eigenvalue weighted by molar-refractivity contribution is -0.00436. The molecule has 3 rings (SSSR count). The maximum atomic E-state index is 5.94. The predicted molar refractivity (Wildman–Crippen MR) is 70.4 cm³/mol. The largest absolute Gasteiger partial charge is 0.370 e. The summed E-state index contributed by atoms with van der Waals surface area (Å²) in [6, 6.07) is 4.51. The van der Waals surface area contributed by atoms with Crippen molar-refractivity contribution in [2.24, 2.45) is 0 Å². The van der Waals surface area contributed by atoms with Gasteiger partial charge in [-0.25, -0.2) is 0 Å². The van der Waals surface area contributed by atoms with E-state index in [1.807, 2.05) is 0 Å². The third-order valence-electron chi connectivity index (χ3n) is 3.71. The Morgan fingerprint density at radius 3 is 2.76 bits per heavy atom. The minimum absolute atomic E-state index is 0.198. The Morgan fingerprint density at radius 2 is 2.00 bits per heavy atom. The lowest BCUT2D eigenvalue weighted by Gasteiger charge is -2.25. The smallest absolute Gasteiger partial charge is 0.0824 e. The molecular weight excluding hydrogens is 210 g/mol. The normalized spacial score (nSPS) is 24.0. The van der Waals surface area contributed by atoms with E-state index in [0.29, 0.717) is 6.10 Å². The molecule has 0 saturated heterocycles. The van der Waals surface area contributed by atoms with E-state index in [-0.39, 0.29) is 6.10 Å². The quantitative estimate of drug-likeness (QED) is 0.730. The number of ether oxygens (including phenoxy) is 1. The second-order valence-corrected chi connectivity index (χ2v) is 5.31. The highest BCUT2D eigenvalue weighted by molar-refractivity contribution is 5.88. The van der Waals surface area contributed by atoms with Crippen molar-refractivity contribution in [2.75, 3.05) is 0 Å². The fourth-order valence-electron chi connectivity index (χ4n) is 3.10. The molecule has 0 radical (unpaired) electrons. The van der Waals surface area contributed by atoms with Crippen molar-refractivity contribution in [2.45, 2.75) is 46.3 Å². The van der Waals surface area contributed by atoms with E-state index in [1.54, 1.807) is 0 Å². The van der Waals surface area contributed by atoms with Gasteiger partial charge in [-0.3, -0.25) is 0 Å². The molecule has 0 fully saturated rings. The van der Waals surface area contributed by atoms with E-state index in [0.717, 1.165) is 6.42 Å². The summed E-state index contributed by atoms with van der Waals surface area (Å²) in [5, 5.41) is 1.34. The van der Waals surface area contributed by atoms with Gasteiger partial charge in [0.1, 0.15) is 0 Å². The molecule has 0 bridgehead atoms. The number of hydrogen-bond donors (Lipinski definition) is 1. The first-order valence-corrected chi connectivity index (χ1v) is 6.33. The van der Waals surface area contributed by atoms with Crippen LogP contribution in [0.2, 0.25) is 0 Å². The number of rotatable bonds is 0. The number of nitrogens with one attached hydrogen (secondary N) is 1. The molecule has 2 heteroatoms. The van der Waals surface area contributed by atoms with Gasteiger partial charge in [0.25, 0.3) is 0 Å². The zero-order valence-electron chi connectivity index (χ0n) is 10.9. The highest BCUT2D eigenvalue weighted by atomic mass is 16.5. The first kappa shape index (κ1) is 10.8. The number of aromatic amines is 1. The molecule has 90 valence electrons. The number of benzene rings is 1. The van der Waals surface area contributed by atoms with Crippen LogP contribution in [0.15, 0.2) is 12.1 Å². The SMILES string of the molecule is Cc1cc(C)c2[nH]c3c(c2c1)C(C)OC(C)C3. The number of hydrogen-bond acceptors (Lipinski definition) is 1. The Labute approximate surface area is 102 Å². The first-order chi connectivity index (χ1) is 8.06. The molecule has 1 aliphatic rings. The first-order valence-electron chi connectivity index (χ1n) is 6.33. The molecule has 0 aliphatic carbocycles. The van der Waals surface area contributed by atoms with E-state index in [9.17, 15) is 0 Å². The van der Waals surface area contributed by atoms with Gasteiger partial charge < -0.3 is 9.72 Å². The van der Waals surface area contributed by atoms with Crippen LogP contribution in [0.5, 0.6) is 0 Å². The van der Waals surface area contributed by atoms with E-state index in [4.69, 9.17) is 4.74 Å². The van der Waals surface area contributed by atoms with Gasteiger partial charge in [-0.1, -0.05) is 11.6 Å². The third kappa shape index (κ3) is 1.59. The summed E-state index contributed by atoms with van der Waals surface area (Å²) in [6.45, 7) is 8.62. The van der Waals surface area contributed by atoms with Crippen molar-refractivity contribution in [1.29, 1.82) is 0 Å². The van der Waals surface area contributed by atoms with Gasteiger partial charge in [-0.2, -0.15) is 0 Å². The van der Waals surface area contributed by atoms with Crippen molar-refractivity contribution in [3.8, 4) is 0 Å². The minimum atomic E-state index is 0.198. The van der Waals surface area contributed by atoms with E-state index in [2.05, 4.69) is 44.8 Å². The Kier molecular flexibility index (Phi) is 2.30. The van der Waals surface area contributed by atoms with Crippen LogP contribution in [-0.2, 0) is 11.2 Å². The summed E-state index contributed by atoms with van der Waals surface area (Å²) in [5.41, 5.74) is 6.66. The number of aryl methyl sites for hydroxylation is 2. The summed E-state index contributed by atoms with van der Waals surface area (Å²) in [7, 11) is 0. The average molecular weight is 229 g/mol. The summed E-state index contributed by atoms with van der Waals surface area (Å²) < 4.78 is 5.94. The standard InChI is InChI=1S/C15H19NO/c1-8-5-9(2)15-12(6-8)14-11(4)17-10(3)7-13(14)16-15/h5-6,10-11,16H,7H2,1-4H3. The minimum Gasteiger partial charge on any atom is -0.370 e. The molecule has 1 N–H and O–H groups in total. The van der Waals surface area contributed by atoms with Gasteiger partial charge >= 0.3 is 0 Å². The highest BCUT2D eigenvalue weighted by Crippen LogP contribution is 2.37. The molecule has 1 aromatic carbocycles. The summed E-state index contributed by atoms with van der Waals surface area (Å²) >= 11 is 0. The lowest BCUT2D eigenvalue weighted by atomic mass is 9.98. The number of H-pyrrole nitrogens is 1. The van der Waals surface area contributed by atoms with E-state index in [1.165, 1.54) is 33.3 Å². The molecule has 0 spiro atoms. The van der Waals surface area contributed by atoms with Crippen LogP contribution in [0.3, 0.4) is 0 Å². The second kappa shape index (κ2) is 3.61. The summed E-state index contributed by atoms with van der Waals surface area (Å²) in [4.78, 5) is 3.59. The molecule has 1 aromatic heterocycles. The van der Waals surface area contributed by atoms with Crippen LogP contribution in [0, 0.1) is 13.8 Å². The van der Waals surface area contributed by atoms with Crippen molar-refractivity contribution < 1.29 is 4.74 Å². The Balaban J connectivity index is 2.32. The van der Waals surface area contributed by atoms with Crippen molar-refractivity contribution in [3.63, 3.8) is 0 Å². The molecular formula is C15H19NO. The zero-order chi connectivity index (χ0) is 12.2. The van der Waals surface area contributed by atoms with Crippen LogP contribution in [0.4, 0.5) is 0 Å². The monoisotopic (exact) mass is 229 g/mol. The fourth-order valence-corrected chi connectivity index (χ4v) is 3.10. The molecule has 1 aliphatic heterocycles. The number of fused-ring (bicyclic) bond motifs is 3. The van der Waals surface area contributed by atoms with Crippen molar-refractivity contribution >= 4 is 10.9 Å². The average Bonchev–Trinajstić information content (AvgIpc) is 2.56. The molecule has 2 nitrogen and oxygen atoms in total. The molecule has 0 amide bonds. The Morgan fingerprint density at radius 1 is 1.24 bits per heavy atom. The lowest BCUT2D eigenvalue weighted by Crippen LogP contribution is -2.21. The third-order valence-corrected chi connectivity index (χ3v) is 3.71. The van der Waals surface area contributed by atoms with Crippen LogP contribution < -0.4 is 0 Å². The Hall–Kier alpha value is -1.28. The van der Waals surface area contributed by atoms with Gasteiger partial charge in [0, 0.05) is 28.6 Å². The maximum Gasteiger partial charge on any atom is 0.0824 e. The molecule has 2 atom stereocenters. The fraction of sp³-hybridized carbons (Fsp3) is 0.467. The van der Waals surface area contributed by atoms with Crippen LogP contribution in [-0.4, -0.2) is 11.1 Å². The maximum absolute atomic E-state index is 5.94. The highest BCUT2D eigenvalue weighted by Gasteiger charge is 2.26. The molecule has 17 heavy (non-hydrogen) atoms. The molecule has 2 unspecified atom stereocenters. The van der Waals surface area contributed by atoms with Crippen LogP contribution in [0.1, 0.15) is 42.3 Å². The topological polar surface area (TPSA) is 25.0 Å².